The molecule has 1 amide bonds. The Labute approximate surface area is 213 Å². The van der Waals surface area contributed by atoms with Crippen LogP contribution in [0.2, 0.25) is 0 Å². The number of pyridine rings is 1. The van der Waals surface area contributed by atoms with Crippen molar-refractivity contribution in [2.24, 2.45) is 0 Å². The van der Waals surface area contributed by atoms with Gasteiger partial charge in [0.25, 0.3) is 5.91 Å². The number of halogens is 4. The van der Waals surface area contributed by atoms with E-state index in [1.54, 1.807) is 5.38 Å². The van der Waals surface area contributed by atoms with Gasteiger partial charge in [0, 0.05) is 24.5 Å². The Kier molecular flexibility index (Phi) is 12.2. The van der Waals surface area contributed by atoms with Crippen LogP contribution in [0.4, 0.5) is 4.39 Å². The van der Waals surface area contributed by atoms with Gasteiger partial charge in [-0.15, -0.1) is 48.6 Å². The summed E-state index contributed by atoms with van der Waals surface area (Å²) in [5, 5.41) is 8.52. The second-order valence-corrected chi connectivity index (χ2v) is 7.66. The van der Waals surface area contributed by atoms with E-state index >= 15 is 0 Å². The summed E-state index contributed by atoms with van der Waals surface area (Å²) in [5.41, 5.74) is 2.57. The van der Waals surface area contributed by atoms with Crippen molar-refractivity contribution in [3.8, 4) is 0 Å². The summed E-state index contributed by atoms with van der Waals surface area (Å²) in [7, 11) is 0. The van der Waals surface area contributed by atoms with Crippen LogP contribution in [0.15, 0.2) is 48.0 Å². The molecule has 0 aliphatic carbocycles. The SMILES string of the molecule is Cl.Cl.Cl.O=C(NCc1ncccc1F)c1csc(CNCCCc2nc3ccccc3[nH]2)n1. The number of nitrogens with one attached hydrogen (secondary N) is 3. The first-order valence-electron chi connectivity index (χ1n) is 9.65. The van der Waals surface area contributed by atoms with Gasteiger partial charge in [0.05, 0.1) is 23.3 Å². The number of H-pyrrole nitrogens is 1. The third-order valence-electron chi connectivity index (χ3n) is 4.52. The van der Waals surface area contributed by atoms with Gasteiger partial charge in [-0.25, -0.2) is 14.4 Å². The minimum Gasteiger partial charge on any atom is -0.345 e. The van der Waals surface area contributed by atoms with E-state index in [1.807, 2.05) is 24.3 Å². The summed E-state index contributed by atoms with van der Waals surface area (Å²) in [6, 6.07) is 10.8. The molecule has 33 heavy (non-hydrogen) atoms. The van der Waals surface area contributed by atoms with Crippen molar-refractivity contribution in [2.75, 3.05) is 6.54 Å². The monoisotopic (exact) mass is 532 g/mol. The number of carbonyl (C=O) groups excluding carboxylic acids is 1. The fraction of sp³-hybridized carbons (Fsp3) is 0.238. The molecule has 0 bridgehead atoms. The lowest BCUT2D eigenvalue weighted by molar-refractivity contribution is 0.0945. The fourth-order valence-electron chi connectivity index (χ4n) is 3.00. The Morgan fingerprint density at radius 3 is 2.67 bits per heavy atom. The van der Waals surface area contributed by atoms with Crippen molar-refractivity contribution in [2.45, 2.75) is 25.9 Å². The number of aromatic amines is 1. The molecule has 0 unspecified atom stereocenters. The average molecular weight is 534 g/mol. The number of aryl methyl sites for hydroxylation is 1. The average Bonchev–Trinajstić information content (AvgIpc) is 3.39. The zero-order chi connectivity index (χ0) is 20.8. The fourth-order valence-corrected chi connectivity index (χ4v) is 3.74. The van der Waals surface area contributed by atoms with Crippen LogP contribution in [-0.2, 0) is 19.5 Å². The van der Waals surface area contributed by atoms with E-state index in [0.717, 1.165) is 41.3 Å². The summed E-state index contributed by atoms with van der Waals surface area (Å²) < 4.78 is 13.6. The van der Waals surface area contributed by atoms with Gasteiger partial charge < -0.3 is 15.6 Å². The number of rotatable bonds is 9. The lowest BCUT2D eigenvalue weighted by Crippen LogP contribution is -2.24. The largest absolute Gasteiger partial charge is 0.345 e. The Balaban J connectivity index is 0.00000181. The van der Waals surface area contributed by atoms with Crippen molar-refractivity contribution in [1.82, 2.24) is 30.6 Å². The zero-order valence-corrected chi connectivity index (χ0v) is 20.7. The molecule has 0 atom stereocenters. The third-order valence-corrected chi connectivity index (χ3v) is 5.37. The third kappa shape index (κ3) is 7.90. The number of hydrogen-bond donors (Lipinski definition) is 3. The van der Waals surface area contributed by atoms with Gasteiger partial charge in [-0.05, 0) is 37.2 Å². The number of hydrogen-bond acceptors (Lipinski definition) is 6. The molecular weight excluding hydrogens is 510 g/mol. The first kappa shape index (κ1) is 28.7. The summed E-state index contributed by atoms with van der Waals surface area (Å²) in [4.78, 5) is 28.4. The molecule has 7 nitrogen and oxygen atoms in total. The second kappa shape index (κ2) is 14.1. The van der Waals surface area contributed by atoms with Gasteiger partial charge in [0.1, 0.15) is 22.3 Å². The van der Waals surface area contributed by atoms with Crippen LogP contribution in [0.1, 0.15) is 33.4 Å². The van der Waals surface area contributed by atoms with E-state index in [4.69, 9.17) is 0 Å². The Bertz CT molecular complexity index is 1120. The molecule has 0 spiro atoms. The summed E-state index contributed by atoms with van der Waals surface area (Å²) in [6.07, 6.45) is 3.29. The molecule has 0 saturated heterocycles. The van der Waals surface area contributed by atoms with Gasteiger partial charge in [-0.1, -0.05) is 12.1 Å². The molecule has 3 aromatic heterocycles. The van der Waals surface area contributed by atoms with Crippen molar-refractivity contribution in [3.63, 3.8) is 0 Å². The van der Waals surface area contributed by atoms with Crippen molar-refractivity contribution in [1.29, 1.82) is 0 Å². The predicted molar refractivity (Wildman–Crippen MR) is 135 cm³/mol. The molecule has 4 aromatic rings. The Hall–Kier alpha value is -2.30. The van der Waals surface area contributed by atoms with Crippen LogP contribution in [0, 0.1) is 5.82 Å². The van der Waals surface area contributed by atoms with Crippen LogP contribution in [0.5, 0.6) is 0 Å². The number of aromatic nitrogens is 4. The number of amides is 1. The maximum Gasteiger partial charge on any atom is 0.271 e. The highest BCUT2D eigenvalue weighted by Gasteiger charge is 2.12. The number of carbonyl (C=O) groups is 1. The normalized spacial score (nSPS) is 10.1. The zero-order valence-electron chi connectivity index (χ0n) is 17.4. The number of benzene rings is 1. The van der Waals surface area contributed by atoms with E-state index in [9.17, 15) is 9.18 Å². The first-order valence-corrected chi connectivity index (χ1v) is 10.5. The number of para-hydroxylation sites is 2. The second-order valence-electron chi connectivity index (χ2n) is 6.72. The molecule has 0 saturated carbocycles. The number of imidazole rings is 1. The van der Waals surface area contributed by atoms with Gasteiger partial charge in [-0.3, -0.25) is 9.78 Å². The number of fused-ring (bicyclic) bond motifs is 1. The smallest absolute Gasteiger partial charge is 0.271 e. The minimum atomic E-state index is -0.441. The van der Waals surface area contributed by atoms with Gasteiger partial charge in [0.2, 0.25) is 0 Å². The van der Waals surface area contributed by atoms with E-state index < -0.39 is 5.82 Å². The summed E-state index contributed by atoms with van der Waals surface area (Å²) >= 11 is 1.42. The molecular formula is C21H24Cl3FN6OS. The molecule has 12 heteroatoms. The molecule has 0 radical (unpaired) electrons. The van der Waals surface area contributed by atoms with Crippen LogP contribution in [0.3, 0.4) is 0 Å². The molecule has 4 rings (SSSR count). The van der Waals surface area contributed by atoms with Crippen LogP contribution >= 0.6 is 48.6 Å². The molecule has 3 N–H and O–H groups in total. The van der Waals surface area contributed by atoms with Gasteiger partial charge in [-0.2, -0.15) is 0 Å². The lowest BCUT2D eigenvalue weighted by Gasteiger charge is -2.03. The van der Waals surface area contributed by atoms with E-state index in [0.29, 0.717) is 12.2 Å². The number of thiazole rings is 1. The first-order chi connectivity index (χ1) is 14.7. The van der Waals surface area contributed by atoms with Crippen LogP contribution in [0.25, 0.3) is 11.0 Å². The molecule has 0 fully saturated rings. The molecule has 0 aliphatic rings. The van der Waals surface area contributed by atoms with E-state index in [-0.39, 0.29) is 55.4 Å². The maximum absolute atomic E-state index is 13.6. The molecule has 3 heterocycles. The van der Waals surface area contributed by atoms with Gasteiger partial charge >= 0.3 is 0 Å². The minimum absolute atomic E-state index is 0. The van der Waals surface area contributed by atoms with Gasteiger partial charge in [0.15, 0.2) is 0 Å². The summed E-state index contributed by atoms with van der Waals surface area (Å²) in [6.45, 7) is 1.43. The van der Waals surface area contributed by atoms with Crippen LogP contribution in [-0.4, -0.2) is 32.4 Å². The van der Waals surface area contributed by atoms with E-state index in [2.05, 4.69) is 30.6 Å². The Morgan fingerprint density at radius 1 is 1.06 bits per heavy atom. The highest BCUT2D eigenvalue weighted by atomic mass is 35.5. The van der Waals surface area contributed by atoms with Crippen molar-refractivity contribution in [3.05, 3.63) is 76.0 Å². The molecule has 1 aromatic carbocycles. The predicted octanol–water partition coefficient (Wildman–Crippen LogP) is 4.47. The standard InChI is InChI=1S/C21H21FN6OS.3ClH/c22-14-5-3-10-24-17(14)11-25-21(29)18-13-30-20(28-18)12-23-9-4-8-19-26-15-6-1-2-7-16(15)27-19;;;/h1-3,5-7,10,13,23H,4,8-9,11-12H2,(H,25,29)(H,26,27);3*1H. The van der Waals surface area contributed by atoms with E-state index in [1.165, 1.54) is 29.7 Å². The number of nitrogens with zero attached hydrogens (tertiary/aromatic N) is 3. The highest BCUT2D eigenvalue weighted by molar-refractivity contribution is 7.09. The quantitative estimate of drug-likeness (QED) is 0.276. The maximum atomic E-state index is 13.6. The van der Waals surface area contributed by atoms with Crippen molar-refractivity contribution >= 4 is 65.5 Å². The van der Waals surface area contributed by atoms with Crippen LogP contribution < -0.4 is 10.6 Å². The molecule has 0 aliphatic heterocycles. The topological polar surface area (TPSA) is 95.6 Å². The molecule has 178 valence electrons. The Morgan fingerprint density at radius 2 is 1.88 bits per heavy atom. The lowest BCUT2D eigenvalue weighted by atomic mass is 10.3. The highest BCUT2D eigenvalue weighted by Crippen LogP contribution is 2.12. The van der Waals surface area contributed by atoms with Crippen molar-refractivity contribution < 1.29 is 9.18 Å². The summed E-state index contributed by atoms with van der Waals surface area (Å²) in [5.74, 6) is 0.201.